The van der Waals surface area contributed by atoms with Gasteiger partial charge in [0.2, 0.25) is 0 Å². The molecule has 1 fully saturated rings. The van der Waals surface area contributed by atoms with Crippen LogP contribution in [0.5, 0.6) is 0 Å². The molecule has 76 valence electrons. The summed E-state index contributed by atoms with van der Waals surface area (Å²) in [5.41, 5.74) is 0.200. The molecule has 0 aromatic rings. The number of fused-ring (bicyclic) bond motifs is 1. The Kier molecular flexibility index (Phi) is 2.27. The van der Waals surface area contributed by atoms with Gasteiger partial charge >= 0.3 is 5.97 Å². The summed E-state index contributed by atoms with van der Waals surface area (Å²) in [7, 11) is 1.30. The molecule has 2 rings (SSSR count). The van der Waals surface area contributed by atoms with Gasteiger partial charge in [-0.25, -0.2) is 4.79 Å². The molecule has 4 heteroatoms. The molecule has 0 saturated carbocycles. The zero-order chi connectivity index (χ0) is 10.1. The van der Waals surface area contributed by atoms with E-state index in [1.807, 2.05) is 0 Å². The van der Waals surface area contributed by atoms with Gasteiger partial charge in [0, 0.05) is 12.6 Å². The Balaban J connectivity index is 2.21. The molecule has 1 saturated heterocycles. The molecule has 0 aliphatic carbocycles. The molecule has 2 aliphatic heterocycles. The van der Waals surface area contributed by atoms with E-state index < -0.39 is 5.97 Å². The highest BCUT2D eigenvalue weighted by Crippen LogP contribution is 2.27. The maximum absolute atomic E-state index is 11.8. The molecule has 4 nitrogen and oxygen atoms in total. The number of esters is 1. The minimum absolute atomic E-state index is 0.161. The van der Waals surface area contributed by atoms with Gasteiger partial charge in [-0.2, -0.15) is 0 Å². The zero-order valence-electron chi connectivity index (χ0n) is 8.16. The molecule has 2 heterocycles. The summed E-state index contributed by atoms with van der Waals surface area (Å²) in [4.78, 5) is 24.8. The third-order valence-electron chi connectivity index (χ3n) is 2.87. The molecule has 0 N–H and O–H groups in total. The molecule has 0 bridgehead atoms. The van der Waals surface area contributed by atoms with E-state index in [2.05, 4.69) is 4.74 Å². The lowest BCUT2D eigenvalue weighted by Gasteiger charge is -2.28. The van der Waals surface area contributed by atoms with Crippen LogP contribution in [0.4, 0.5) is 0 Å². The Morgan fingerprint density at radius 3 is 3.14 bits per heavy atom. The first-order chi connectivity index (χ1) is 6.74. The molecule has 0 spiro atoms. The van der Waals surface area contributed by atoms with Crippen LogP contribution in [0.1, 0.15) is 19.3 Å². The van der Waals surface area contributed by atoms with Crippen molar-refractivity contribution in [2.24, 2.45) is 0 Å². The number of carbonyl (C=O) groups excluding carboxylic acids is 2. The van der Waals surface area contributed by atoms with Crippen LogP contribution in [0.25, 0.3) is 0 Å². The van der Waals surface area contributed by atoms with Crippen LogP contribution in [0.15, 0.2) is 11.6 Å². The lowest BCUT2D eigenvalue weighted by atomic mass is 10.0. The maximum atomic E-state index is 11.8. The van der Waals surface area contributed by atoms with Crippen LogP contribution in [0.3, 0.4) is 0 Å². The fourth-order valence-electron chi connectivity index (χ4n) is 2.12. The van der Waals surface area contributed by atoms with Crippen molar-refractivity contribution < 1.29 is 14.3 Å². The Hall–Kier alpha value is -1.32. The molecular formula is C10H13NO3. The zero-order valence-corrected chi connectivity index (χ0v) is 8.16. The van der Waals surface area contributed by atoms with E-state index in [0.29, 0.717) is 6.04 Å². The fraction of sp³-hybridized carbons (Fsp3) is 0.600. The number of ether oxygens (including phenoxy) is 1. The Bertz CT molecular complexity index is 308. The average Bonchev–Trinajstić information content (AvgIpc) is 2.66. The minimum Gasteiger partial charge on any atom is -0.465 e. The van der Waals surface area contributed by atoms with E-state index in [9.17, 15) is 9.59 Å². The normalized spacial score (nSPS) is 25.8. The van der Waals surface area contributed by atoms with E-state index >= 15 is 0 Å². The fourth-order valence-corrected chi connectivity index (χ4v) is 2.12. The minimum atomic E-state index is -0.514. The van der Waals surface area contributed by atoms with Crippen molar-refractivity contribution >= 4 is 11.9 Å². The number of hydrogen-bond acceptors (Lipinski definition) is 3. The highest BCUT2D eigenvalue weighted by atomic mass is 16.5. The average molecular weight is 195 g/mol. The van der Waals surface area contributed by atoms with Crippen LogP contribution >= 0.6 is 0 Å². The van der Waals surface area contributed by atoms with Crippen molar-refractivity contribution in [1.82, 2.24) is 4.90 Å². The summed E-state index contributed by atoms with van der Waals surface area (Å²) in [6, 6.07) is 0.316. The molecule has 14 heavy (non-hydrogen) atoms. The molecule has 2 aliphatic rings. The van der Waals surface area contributed by atoms with Gasteiger partial charge in [0.25, 0.3) is 5.91 Å². The first kappa shape index (κ1) is 9.24. The molecule has 0 aromatic carbocycles. The summed E-state index contributed by atoms with van der Waals surface area (Å²) in [5, 5.41) is 0. The van der Waals surface area contributed by atoms with Gasteiger partial charge < -0.3 is 9.64 Å². The standard InChI is InChI=1S/C10H13NO3/c1-14-10(13)8-5-4-7-3-2-6-11(7)9(8)12/h5,7H,2-4,6H2,1H3. The topological polar surface area (TPSA) is 46.6 Å². The highest BCUT2D eigenvalue weighted by Gasteiger charge is 2.36. The monoisotopic (exact) mass is 195 g/mol. The second-order valence-electron chi connectivity index (χ2n) is 3.64. The number of hydrogen-bond donors (Lipinski definition) is 0. The van der Waals surface area contributed by atoms with Crippen molar-refractivity contribution in [2.45, 2.75) is 25.3 Å². The van der Waals surface area contributed by atoms with Gasteiger partial charge in [-0.3, -0.25) is 4.79 Å². The van der Waals surface area contributed by atoms with Crippen LogP contribution in [-0.2, 0) is 14.3 Å². The first-order valence-corrected chi connectivity index (χ1v) is 4.83. The summed E-state index contributed by atoms with van der Waals surface area (Å²) in [5.74, 6) is -0.675. The van der Waals surface area contributed by atoms with E-state index in [0.717, 1.165) is 25.8 Å². The predicted octanol–water partition coefficient (Wildman–Crippen LogP) is 0.480. The van der Waals surface area contributed by atoms with Crippen molar-refractivity contribution in [3.8, 4) is 0 Å². The Morgan fingerprint density at radius 2 is 2.43 bits per heavy atom. The van der Waals surface area contributed by atoms with Crippen LogP contribution in [-0.4, -0.2) is 36.5 Å². The summed E-state index contributed by atoms with van der Waals surface area (Å²) in [6.45, 7) is 0.776. The second kappa shape index (κ2) is 3.44. The lowest BCUT2D eigenvalue weighted by Crippen LogP contribution is -2.41. The van der Waals surface area contributed by atoms with Gasteiger partial charge in [-0.05, 0) is 19.3 Å². The second-order valence-corrected chi connectivity index (χ2v) is 3.64. The molecule has 1 unspecified atom stereocenters. The van der Waals surface area contributed by atoms with Crippen LogP contribution in [0.2, 0.25) is 0 Å². The summed E-state index contributed by atoms with van der Waals surface area (Å²) < 4.78 is 4.55. The van der Waals surface area contributed by atoms with E-state index in [-0.39, 0.29) is 11.5 Å². The third kappa shape index (κ3) is 1.31. The SMILES string of the molecule is COC(=O)C1=CCC2CCCN2C1=O. The van der Waals surface area contributed by atoms with Crippen molar-refractivity contribution in [2.75, 3.05) is 13.7 Å². The van der Waals surface area contributed by atoms with Gasteiger partial charge in [-0.1, -0.05) is 6.08 Å². The number of rotatable bonds is 1. The maximum Gasteiger partial charge on any atom is 0.343 e. The molecule has 1 amide bonds. The van der Waals surface area contributed by atoms with Crippen molar-refractivity contribution in [3.05, 3.63) is 11.6 Å². The Labute approximate surface area is 82.5 Å². The molecule has 0 radical (unpaired) electrons. The Morgan fingerprint density at radius 1 is 1.64 bits per heavy atom. The lowest BCUT2D eigenvalue weighted by molar-refractivity contribution is -0.141. The van der Waals surface area contributed by atoms with Gasteiger partial charge in [0.05, 0.1) is 7.11 Å². The van der Waals surface area contributed by atoms with Crippen molar-refractivity contribution in [3.63, 3.8) is 0 Å². The number of nitrogens with zero attached hydrogens (tertiary/aromatic N) is 1. The first-order valence-electron chi connectivity index (χ1n) is 4.83. The van der Waals surface area contributed by atoms with Gasteiger partial charge in [0.1, 0.15) is 5.57 Å². The van der Waals surface area contributed by atoms with Crippen molar-refractivity contribution in [1.29, 1.82) is 0 Å². The smallest absolute Gasteiger partial charge is 0.343 e. The van der Waals surface area contributed by atoms with Gasteiger partial charge in [0.15, 0.2) is 0 Å². The number of methoxy groups -OCH3 is 1. The predicted molar refractivity (Wildman–Crippen MR) is 49.5 cm³/mol. The van der Waals surface area contributed by atoms with Crippen LogP contribution < -0.4 is 0 Å². The largest absolute Gasteiger partial charge is 0.465 e. The van der Waals surface area contributed by atoms with E-state index in [1.54, 1.807) is 11.0 Å². The van der Waals surface area contributed by atoms with E-state index in [1.165, 1.54) is 7.11 Å². The molecular weight excluding hydrogens is 182 g/mol. The summed E-state index contributed by atoms with van der Waals surface area (Å²) in [6.07, 6.45) is 4.59. The quantitative estimate of drug-likeness (QED) is 0.451. The molecule has 0 aromatic heterocycles. The van der Waals surface area contributed by atoms with Gasteiger partial charge in [-0.15, -0.1) is 0 Å². The van der Waals surface area contributed by atoms with Crippen LogP contribution in [0, 0.1) is 0 Å². The van der Waals surface area contributed by atoms with E-state index in [4.69, 9.17) is 0 Å². The molecule has 1 atom stereocenters. The third-order valence-corrected chi connectivity index (χ3v) is 2.87. The number of amides is 1. The highest BCUT2D eigenvalue weighted by molar-refractivity contribution is 6.16. The summed E-state index contributed by atoms with van der Waals surface area (Å²) >= 11 is 0. The number of carbonyl (C=O) groups is 2.